The van der Waals surface area contributed by atoms with Crippen LogP contribution in [0.4, 0.5) is 11.4 Å². The summed E-state index contributed by atoms with van der Waals surface area (Å²) in [7, 11) is -3.81. The van der Waals surface area contributed by atoms with Crippen molar-refractivity contribution in [1.82, 2.24) is 0 Å². The minimum absolute atomic E-state index is 0.0188. The summed E-state index contributed by atoms with van der Waals surface area (Å²) >= 11 is 0. The number of fused-ring (bicyclic) bond motifs is 1. The first-order valence-corrected chi connectivity index (χ1v) is 11.9. The summed E-state index contributed by atoms with van der Waals surface area (Å²) in [5.41, 5.74) is 5.29. The fourth-order valence-corrected chi connectivity index (χ4v) is 5.01. The van der Waals surface area contributed by atoms with Gasteiger partial charge in [-0.05, 0) is 73.9 Å². The summed E-state index contributed by atoms with van der Waals surface area (Å²) in [6, 6.07) is 17.2. The van der Waals surface area contributed by atoms with Crippen molar-refractivity contribution < 1.29 is 18.3 Å². The summed E-state index contributed by atoms with van der Waals surface area (Å²) in [5, 5.41) is 14.2. The molecule has 2 atom stereocenters. The fourth-order valence-electron chi connectivity index (χ4n) is 3.92. The van der Waals surface area contributed by atoms with Gasteiger partial charge in [0.1, 0.15) is 0 Å². The molecule has 0 bridgehead atoms. The highest BCUT2D eigenvalue weighted by Gasteiger charge is 2.28. The number of hydrogen-bond donors (Lipinski definition) is 3. The summed E-state index contributed by atoms with van der Waals surface area (Å²) < 4.78 is 28.5. The van der Waals surface area contributed by atoms with Crippen molar-refractivity contribution in [3.8, 4) is 0 Å². The van der Waals surface area contributed by atoms with E-state index in [0.29, 0.717) is 28.9 Å². The Morgan fingerprint density at radius 2 is 1.81 bits per heavy atom. The molecule has 0 saturated carbocycles. The molecule has 6 nitrogen and oxygen atoms in total. The van der Waals surface area contributed by atoms with Crippen molar-refractivity contribution in [2.24, 2.45) is 0 Å². The molecular weight excluding hydrogens is 424 g/mol. The van der Waals surface area contributed by atoms with E-state index in [0.717, 1.165) is 16.7 Å². The monoisotopic (exact) mass is 450 g/mol. The third kappa shape index (κ3) is 4.40. The average molecular weight is 451 g/mol. The van der Waals surface area contributed by atoms with Crippen LogP contribution in [0.25, 0.3) is 0 Å². The number of nitrogens with one attached hydrogen (secondary N) is 2. The van der Waals surface area contributed by atoms with E-state index < -0.39 is 16.1 Å². The number of ketones is 1. The first-order valence-electron chi connectivity index (χ1n) is 10.4. The van der Waals surface area contributed by atoms with Gasteiger partial charge in [0, 0.05) is 28.9 Å². The van der Waals surface area contributed by atoms with Gasteiger partial charge in [0.15, 0.2) is 5.78 Å². The van der Waals surface area contributed by atoms with Crippen LogP contribution < -0.4 is 10.0 Å². The van der Waals surface area contributed by atoms with Crippen LogP contribution in [0.5, 0.6) is 0 Å². The van der Waals surface area contributed by atoms with Gasteiger partial charge in [0.05, 0.1) is 17.0 Å². The zero-order valence-electron chi connectivity index (χ0n) is 18.2. The lowest BCUT2D eigenvalue weighted by atomic mass is 9.90. The maximum atomic E-state index is 12.9. The maximum absolute atomic E-state index is 12.9. The van der Waals surface area contributed by atoms with E-state index in [2.05, 4.69) is 10.0 Å². The molecule has 0 spiro atoms. The molecule has 1 heterocycles. The highest BCUT2D eigenvalue weighted by molar-refractivity contribution is 7.92. The van der Waals surface area contributed by atoms with Gasteiger partial charge >= 0.3 is 0 Å². The molecule has 3 N–H and O–H groups in total. The Morgan fingerprint density at radius 3 is 2.53 bits per heavy atom. The number of benzene rings is 3. The molecule has 0 radical (unpaired) electrons. The molecule has 4 rings (SSSR count). The molecule has 0 amide bonds. The van der Waals surface area contributed by atoms with Crippen LogP contribution in [0.3, 0.4) is 0 Å². The number of sulfonamides is 1. The lowest BCUT2D eigenvalue weighted by molar-refractivity contribution is 0.101. The average Bonchev–Trinajstić information content (AvgIpc) is 2.76. The predicted molar refractivity (Wildman–Crippen MR) is 126 cm³/mol. The van der Waals surface area contributed by atoms with Gasteiger partial charge in [-0.25, -0.2) is 8.42 Å². The van der Waals surface area contributed by atoms with E-state index in [1.165, 1.54) is 19.1 Å². The number of rotatable bonds is 5. The molecule has 166 valence electrons. The van der Waals surface area contributed by atoms with E-state index in [1.54, 1.807) is 24.3 Å². The Balaban J connectivity index is 1.60. The second kappa shape index (κ2) is 8.41. The van der Waals surface area contributed by atoms with Crippen molar-refractivity contribution in [3.05, 3.63) is 88.5 Å². The maximum Gasteiger partial charge on any atom is 0.261 e. The van der Waals surface area contributed by atoms with Crippen LogP contribution >= 0.6 is 0 Å². The van der Waals surface area contributed by atoms with Crippen LogP contribution in [0, 0.1) is 13.8 Å². The quantitative estimate of drug-likeness (QED) is 0.481. The number of hydrogen-bond acceptors (Lipinski definition) is 5. The number of Topliss-reactive ketones (excluding diaryl/α,β-unsaturated/α-hetero) is 1. The zero-order valence-corrected chi connectivity index (χ0v) is 19.0. The molecule has 32 heavy (non-hydrogen) atoms. The third-order valence-corrected chi connectivity index (χ3v) is 7.31. The van der Waals surface area contributed by atoms with Gasteiger partial charge in [-0.15, -0.1) is 0 Å². The first-order chi connectivity index (χ1) is 15.1. The van der Waals surface area contributed by atoms with E-state index in [4.69, 9.17) is 0 Å². The predicted octanol–water partition coefficient (Wildman–Crippen LogP) is 4.90. The Labute approximate surface area is 188 Å². The summed E-state index contributed by atoms with van der Waals surface area (Å²) in [6.07, 6.45) is -0.475. The van der Waals surface area contributed by atoms with E-state index in [1.807, 2.05) is 38.1 Å². The number of aryl methyl sites for hydroxylation is 2. The van der Waals surface area contributed by atoms with Gasteiger partial charge < -0.3 is 10.4 Å². The molecule has 0 unspecified atom stereocenters. The van der Waals surface area contributed by atoms with Crippen molar-refractivity contribution in [2.75, 3.05) is 10.0 Å². The second-order valence-electron chi connectivity index (χ2n) is 8.28. The number of carbonyl (C=O) groups is 1. The van der Waals surface area contributed by atoms with Crippen LogP contribution in [-0.2, 0) is 10.0 Å². The van der Waals surface area contributed by atoms with E-state index in [-0.39, 0.29) is 16.7 Å². The van der Waals surface area contributed by atoms with Crippen molar-refractivity contribution in [3.63, 3.8) is 0 Å². The van der Waals surface area contributed by atoms with E-state index >= 15 is 0 Å². The van der Waals surface area contributed by atoms with Gasteiger partial charge in [-0.2, -0.15) is 0 Å². The molecule has 0 aromatic heterocycles. The van der Waals surface area contributed by atoms with Gasteiger partial charge in [0.2, 0.25) is 0 Å². The van der Waals surface area contributed by atoms with Crippen LogP contribution in [-0.4, -0.2) is 19.3 Å². The molecule has 3 aromatic carbocycles. The Kier molecular flexibility index (Phi) is 5.79. The molecule has 0 saturated heterocycles. The minimum atomic E-state index is -3.81. The number of anilines is 2. The van der Waals surface area contributed by atoms with Crippen molar-refractivity contribution >= 4 is 27.2 Å². The first kappa shape index (κ1) is 22.0. The number of carbonyl (C=O) groups excluding carboxylic acids is 1. The van der Waals surface area contributed by atoms with Crippen LogP contribution in [0.15, 0.2) is 65.6 Å². The van der Waals surface area contributed by atoms with Crippen LogP contribution in [0.1, 0.15) is 58.1 Å². The van der Waals surface area contributed by atoms with Crippen molar-refractivity contribution in [2.45, 2.75) is 44.2 Å². The van der Waals surface area contributed by atoms with E-state index in [9.17, 15) is 18.3 Å². The highest BCUT2D eigenvalue weighted by atomic mass is 32.2. The lowest BCUT2D eigenvalue weighted by Crippen LogP contribution is -2.22. The highest BCUT2D eigenvalue weighted by Crippen LogP contribution is 2.40. The summed E-state index contributed by atoms with van der Waals surface area (Å²) in [6.45, 7) is 5.41. The number of aliphatic hydroxyl groups excluding tert-OH is 1. The van der Waals surface area contributed by atoms with Crippen molar-refractivity contribution in [1.29, 1.82) is 0 Å². The van der Waals surface area contributed by atoms with Gasteiger partial charge in [0.25, 0.3) is 10.0 Å². The molecule has 0 fully saturated rings. The molecule has 7 heteroatoms. The Morgan fingerprint density at radius 1 is 1.03 bits per heavy atom. The zero-order chi connectivity index (χ0) is 23.0. The largest absolute Gasteiger partial charge is 0.388 e. The molecule has 0 aliphatic carbocycles. The molecule has 1 aliphatic rings. The molecule has 3 aromatic rings. The molecule has 1 aliphatic heterocycles. The Bertz CT molecular complexity index is 1300. The van der Waals surface area contributed by atoms with Crippen LogP contribution in [0.2, 0.25) is 0 Å². The normalized spacial score (nSPS) is 17.9. The topological polar surface area (TPSA) is 95.5 Å². The molecular formula is C25H26N2O4S. The third-order valence-electron chi connectivity index (χ3n) is 5.94. The SMILES string of the molecule is CC(=O)c1cccc([C@@H]2C[C@H](O)c3cc(S(=O)(=O)Nc4ccc(C)c(C)c4)ccc3N2)c1. The lowest BCUT2D eigenvalue weighted by Gasteiger charge is -2.31. The number of aliphatic hydroxyl groups is 1. The standard InChI is InChI=1S/C25H26N2O4S/c1-15-7-8-20(11-16(15)2)27-32(30,31)21-9-10-23-22(13-21)25(29)14-24(26-23)19-6-4-5-18(12-19)17(3)28/h4-13,24-27,29H,14H2,1-3H3/t24-,25-/m0/s1. The smallest absolute Gasteiger partial charge is 0.261 e. The Hall–Kier alpha value is -3.16. The van der Waals surface area contributed by atoms with Gasteiger partial charge in [-0.3, -0.25) is 9.52 Å². The fraction of sp³-hybridized carbons (Fsp3) is 0.240. The summed E-state index contributed by atoms with van der Waals surface area (Å²) in [4.78, 5) is 11.8. The second-order valence-corrected chi connectivity index (χ2v) is 9.97. The minimum Gasteiger partial charge on any atom is -0.388 e. The van der Waals surface area contributed by atoms with Gasteiger partial charge in [-0.1, -0.05) is 24.3 Å². The summed E-state index contributed by atoms with van der Waals surface area (Å²) in [5.74, 6) is -0.0188.